The van der Waals surface area contributed by atoms with E-state index in [1.807, 2.05) is 0 Å². The van der Waals surface area contributed by atoms with Gasteiger partial charge >= 0.3 is 0 Å². The summed E-state index contributed by atoms with van der Waals surface area (Å²) in [5.41, 5.74) is 0.620. The van der Waals surface area contributed by atoms with Crippen LogP contribution in [0.3, 0.4) is 0 Å². The predicted molar refractivity (Wildman–Crippen MR) is 56.6 cm³/mol. The van der Waals surface area contributed by atoms with Crippen LogP contribution in [-0.4, -0.2) is 21.5 Å². The zero-order chi connectivity index (χ0) is 9.68. The monoisotopic (exact) mass is 261 g/mol. The highest BCUT2D eigenvalue weighted by atomic mass is 79.9. The molecule has 1 unspecified atom stereocenters. The molecule has 0 N–H and O–H groups in total. The minimum Gasteiger partial charge on any atom is -0.293 e. The van der Waals surface area contributed by atoms with Crippen molar-refractivity contribution in [2.45, 2.75) is 11.2 Å². The summed E-state index contributed by atoms with van der Waals surface area (Å²) in [6.45, 7) is 0. The molecule has 1 aromatic heterocycles. The number of alkyl halides is 2. The van der Waals surface area contributed by atoms with Crippen LogP contribution in [0.5, 0.6) is 0 Å². The van der Waals surface area contributed by atoms with Crippen LogP contribution in [0.2, 0.25) is 0 Å². The van der Waals surface area contributed by atoms with E-state index in [2.05, 4.69) is 20.9 Å². The second-order valence-corrected chi connectivity index (χ2v) is 4.03. The van der Waals surface area contributed by atoms with Crippen molar-refractivity contribution in [3.05, 3.63) is 30.1 Å². The van der Waals surface area contributed by atoms with Gasteiger partial charge in [-0.1, -0.05) is 15.9 Å². The van der Waals surface area contributed by atoms with Crippen molar-refractivity contribution in [3.8, 4) is 0 Å². The Hall–Kier alpha value is -0.410. The number of hydrogen-bond donors (Lipinski definition) is 0. The van der Waals surface area contributed by atoms with Gasteiger partial charge in [0.25, 0.3) is 0 Å². The summed E-state index contributed by atoms with van der Waals surface area (Å²) >= 11 is 8.81. The summed E-state index contributed by atoms with van der Waals surface area (Å²) in [4.78, 5) is 15.3. The fourth-order valence-corrected chi connectivity index (χ4v) is 1.89. The Balaban J connectivity index is 2.68. The van der Waals surface area contributed by atoms with Gasteiger partial charge in [-0.2, -0.15) is 0 Å². The quantitative estimate of drug-likeness (QED) is 0.617. The molecule has 1 aromatic rings. The minimum absolute atomic E-state index is 0.0359. The first-order valence-corrected chi connectivity index (χ1v) is 5.35. The van der Waals surface area contributed by atoms with Gasteiger partial charge in [-0.15, -0.1) is 11.6 Å². The Morgan fingerprint density at radius 2 is 2.46 bits per heavy atom. The maximum atomic E-state index is 11.6. The molecule has 0 radical (unpaired) electrons. The van der Waals surface area contributed by atoms with Crippen LogP contribution in [-0.2, 0) is 0 Å². The molecular formula is C9H9BrClNO. The van der Waals surface area contributed by atoms with Gasteiger partial charge < -0.3 is 0 Å². The standard InChI is InChI=1S/C9H9BrClNO/c10-8(3-4-11)9(13)7-2-1-5-12-6-7/h1-2,5-6,8H,3-4H2. The van der Waals surface area contributed by atoms with Crippen LogP contribution in [0, 0.1) is 0 Å². The fraction of sp³-hybridized carbons (Fsp3) is 0.333. The number of halogens is 2. The van der Waals surface area contributed by atoms with Gasteiger partial charge in [-0.3, -0.25) is 9.78 Å². The Bertz CT molecular complexity index is 278. The van der Waals surface area contributed by atoms with Gasteiger partial charge in [0.15, 0.2) is 5.78 Å². The molecule has 0 aliphatic rings. The molecule has 1 atom stereocenters. The molecule has 70 valence electrons. The number of hydrogen-bond acceptors (Lipinski definition) is 2. The number of carbonyl (C=O) groups is 1. The molecule has 1 heterocycles. The molecule has 0 fully saturated rings. The van der Waals surface area contributed by atoms with E-state index in [0.717, 1.165) is 0 Å². The summed E-state index contributed by atoms with van der Waals surface area (Å²) in [6.07, 6.45) is 3.83. The lowest BCUT2D eigenvalue weighted by Crippen LogP contribution is -2.14. The smallest absolute Gasteiger partial charge is 0.178 e. The van der Waals surface area contributed by atoms with Crippen molar-refractivity contribution in [3.63, 3.8) is 0 Å². The molecule has 0 aliphatic carbocycles. The summed E-state index contributed by atoms with van der Waals surface area (Å²) in [5.74, 6) is 0.510. The number of pyridine rings is 1. The van der Waals surface area contributed by atoms with Crippen molar-refractivity contribution in [1.82, 2.24) is 4.98 Å². The summed E-state index contributed by atoms with van der Waals surface area (Å²) in [6, 6.07) is 3.49. The highest BCUT2D eigenvalue weighted by Crippen LogP contribution is 2.13. The molecule has 0 aromatic carbocycles. The first-order chi connectivity index (χ1) is 6.25. The summed E-state index contributed by atoms with van der Waals surface area (Å²) in [7, 11) is 0. The zero-order valence-electron chi connectivity index (χ0n) is 6.91. The van der Waals surface area contributed by atoms with Gasteiger partial charge in [0, 0.05) is 23.8 Å². The van der Waals surface area contributed by atoms with Crippen LogP contribution in [0.25, 0.3) is 0 Å². The normalized spacial score (nSPS) is 12.5. The van der Waals surface area contributed by atoms with Crippen molar-refractivity contribution in [2.75, 3.05) is 5.88 Å². The lowest BCUT2D eigenvalue weighted by Gasteiger charge is -2.05. The van der Waals surface area contributed by atoms with Crippen LogP contribution in [0.15, 0.2) is 24.5 Å². The van der Waals surface area contributed by atoms with Crippen LogP contribution in [0.4, 0.5) is 0 Å². The molecule has 0 saturated heterocycles. The van der Waals surface area contributed by atoms with Crippen molar-refractivity contribution in [2.24, 2.45) is 0 Å². The third-order valence-electron chi connectivity index (χ3n) is 1.59. The molecular weight excluding hydrogens is 253 g/mol. The Morgan fingerprint density at radius 3 is 3.00 bits per heavy atom. The first-order valence-electron chi connectivity index (χ1n) is 3.90. The van der Waals surface area contributed by atoms with Crippen LogP contribution < -0.4 is 0 Å². The molecule has 13 heavy (non-hydrogen) atoms. The highest BCUT2D eigenvalue weighted by molar-refractivity contribution is 9.10. The number of rotatable bonds is 4. The summed E-state index contributed by atoms with van der Waals surface area (Å²) in [5, 5.41) is 0. The Kier molecular flexibility index (Phi) is 4.39. The highest BCUT2D eigenvalue weighted by Gasteiger charge is 2.15. The Morgan fingerprint density at radius 1 is 1.69 bits per heavy atom. The van der Waals surface area contributed by atoms with Crippen molar-refractivity contribution in [1.29, 1.82) is 0 Å². The lowest BCUT2D eigenvalue weighted by molar-refractivity contribution is 0.0990. The van der Waals surface area contributed by atoms with Crippen molar-refractivity contribution < 1.29 is 4.79 Å². The number of ketones is 1. The van der Waals surface area contributed by atoms with E-state index in [-0.39, 0.29) is 10.6 Å². The number of nitrogens with zero attached hydrogens (tertiary/aromatic N) is 1. The van der Waals surface area contributed by atoms with E-state index in [0.29, 0.717) is 17.9 Å². The first kappa shape index (κ1) is 10.7. The molecule has 0 bridgehead atoms. The maximum Gasteiger partial charge on any atom is 0.178 e. The topological polar surface area (TPSA) is 30.0 Å². The molecule has 4 heteroatoms. The number of Topliss-reactive ketones (excluding diaryl/α,β-unsaturated/α-hetero) is 1. The number of aromatic nitrogens is 1. The van der Waals surface area contributed by atoms with Crippen molar-refractivity contribution >= 4 is 33.3 Å². The third-order valence-corrected chi connectivity index (χ3v) is 2.68. The summed E-state index contributed by atoms with van der Waals surface area (Å²) < 4.78 is 0. The maximum absolute atomic E-state index is 11.6. The van der Waals surface area contributed by atoms with Gasteiger partial charge in [-0.25, -0.2) is 0 Å². The zero-order valence-corrected chi connectivity index (χ0v) is 9.25. The average molecular weight is 263 g/mol. The average Bonchev–Trinajstić information content (AvgIpc) is 2.18. The van der Waals surface area contributed by atoms with E-state index in [9.17, 15) is 4.79 Å². The minimum atomic E-state index is -0.200. The largest absolute Gasteiger partial charge is 0.293 e. The SMILES string of the molecule is O=C(c1cccnc1)C(Br)CCCl. The predicted octanol–water partition coefficient (Wildman–Crippen LogP) is 2.66. The molecule has 1 rings (SSSR count). The molecule has 2 nitrogen and oxygen atoms in total. The molecule has 0 aliphatic heterocycles. The van der Waals surface area contributed by atoms with Gasteiger partial charge in [0.1, 0.15) is 0 Å². The van der Waals surface area contributed by atoms with E-state index in [4.69, 9.17) is 11.6 Å². The van der Waals surface area contributed by atoms with Crippen LogP contribution >= 0.6 is 27.5 Å². The third kappa shape index (κ3) is 3.08. The van der Waals surface area contributed by atoms with E-state index in [1.54, 1.807) is 24.5 Å². The second-order valence-electron chi connectivity index (χ2n) is 2.55. The van der Waals surface area contributed by atoms with E-state index < -0.39 is 0 Å². The second kappa shape index (κ2) is 5.35. The molecule has 0 saturated carbocycles. The lowest BCUT2D eigenvalue weighted by atomic mass is 10.1. The molecule has 0 amide bonds. The van der Waals surface area contributed by atoms with Gasteiger partial charge in [0.2, 0.25) is 0 Å². The van der Waals surface area contributed by atoms with E-state index >= 15 is 0 Å². The van der Waals surface area contributed by atoms with Gasteiger partial charge in [0.05, 0.1) is 4.83 Å². The van der Waals surface area contributed by atoms with Gasteiger partial charge in [-0.05, 0) is 18.6 Å². The van der Waals surface area contributed by atoms with E-state index in [1.165, 1.54) is 0 Å². The van der Waals surface area contributed by atoms with Crippen LogP contribution in [0.1, 0.15) is 16.8 Å². The fourth-order valence-electron chi connectivity index (χ4n) is 0.916. The number of carbonyl (C=O) groups excluding carboxylic acids is 1. The Labute approximate surface area is 90.4 Å². The molecule has 0 spiro atoms.